The molecule has 2 aromatic rings. The molecule has 1 heterocycles. The predicted octanol–water partition coefficient (Wildman–Crippen LogP) is 1.37. The SMILES string of the molecule is CC(=O)CCCOCCOCCNC(=O)CN1CCN(CC(=O)CCCOCCOCCNC(C)=O)CCN(CC(=O)CCCOCCOCCNC(=O)[C@@H](CC(=O)[C@H](CCCN=C(N)N)NC(=O)CCC(=O)[C@H](CCCN=C(N)N)NC(=O)[C@@H](CC(=O)[C@H](CC2=CCc3ccccc32)NC(C)=O)Cc2ccc(O)cc2)CC(C)C)CCN(CC(=O)NCCOCCOCCCC(C)=O)CC1. The highest BCUT2D eigenvalue weighted by molar-refractivity contribution is 5.97. The van der Waals surface area contributed by atoms with Gasteiger partial charge in [0.25, 0.3) is 0 Å². The van der Waals surface area contributed by atoms with Crippen molar-refractivity contribution in [3.63, 3.8) is 0 Å². The number of guanidine groups is 2. The third-order valence-corrected chi connectivity index (χ3v) is 22.2. The van der Waals surface area contributed by atoms with Gasteiger partial charge in [0, 0.05) is 202 Å². The quantitative estimate of drug-likeness (QED) is 0.0253. The highest BCUT2D eigenvalue weighted by Gasteiger charge is 2.34. The normalized spacial score (nSPS) is 14.5. The van der Waals surface area contributed by atoms with E-state index in [1.54, 1.807) is 12.1 Å². The van der Waals surface area contributed by atoms with Crippen molar-refractivity contribution in [2.24, 2.45) is 50.7 Å². The van der Waals surface area contributed by atoms with Gasteiger partial charge in [-0.3, -0.25) is 87.1 Å². The van der Waals surface area contributed by atoms with Gasteiger partial charge in [0.05, 0.1) is 124 Å². The monoisotopic (exact) mass is 1920 g/mol. The maximum Gasteiger partial charge on any atom is 0.234 e. The molecule has 2 aliphatic rings. The number of Topliss-reactive ketones (excluding diaryl/α,β-unsaturated/α-hetero) is 7. The van der Waals surface area contributed by atoms with E-state index in [1.807, 2.05) is 63.8 Å². The van der Waals surface area contributed by atoms with Crippen molar-refractivity contribution < 1.29 is 110 Å². The molecule has 4 rings (SSSR count). The maximum atomic E-state index is 14.6. The van der Waals surface area contributed by atoms with Gasteiger partial charge < -0.3 is 113 Å². The van der Waals surface area contributed by atoms with E-state index in [9.17, 15) is 72.2 Å². The average Bonchev–Trinajstić information content (AvgIpc) is 1.68. The van der Waals surface area contributed by atoms with Gasteiger partial charge >= 0.3 is 0 Å². The third kappa shape index (κ3) is 58.6. The molecule has 1 fully saturated rings. The number of rotatable bonds is 77. The lowest BCUT2D eigenvalue weighted by Gasteiger charge is -2.33. The van der Waals surface area contributed by atoms with Crippen LogP contribution in [0, 0.1) is 17.8 Å². The number of aliphatic imine (C=N–C) groups is 2. The minimum atomic E-state index is -1.20. The van der Waals surface area contributed by atoms with Gasteiger partial charge in [-0.1, -0.05) is 56.3 Å². The molecular formula is C96H157N17O23. The molecule has 16 N–H and O–H groups in total. The van der Waals surface area contributed by atoms with Gasteiger partial charge in [0.2, 0.25) is 41.4 Å². The van der Waals surface area contributed by atoms with Crippen LogP contribution in [0.4, 0.5) is 0 Å². The van der Waals surface area contributed by atoms with Crippen LogP contribution in [0.2, 0.25) is 0 Å². The number of nitrogens with zero attached hydrogens (tertiary/aromatic N) is 6. The number of allylic oxidation sites excluding steroid dienone is 1. The minimum absolute atomic E-state index is 0.00547. The standard InChI is InChI=1S/C96H157N17O23/c1-70(2)61-78(64-88(122)85(22-10-32-106-96(99)100)108-90(124)30-29-87(121)84(21-9-31-105-95(97)98)109-94(128)79(62-75-23-27-80(118)28-24-75)65-89(123)86(107-74(6)117)63-77-26-25-76-17-7-8-20-83(76)77)93(127)104-36-52-136-60-56-132-48-14-19-82(120)67-111-38-37-110(66-81(119)18-13-47-131-55-57-133-49-33-101-73(5)116)39-41-112(68-91(125)102-34-50-134-58-53-129-45-11-15-71(3)114)43-44-113(42-40-111)69-92(126)103-35-51-135-59-54-130-46-12-16-72(4)115/h7-8,17,20,23-24,26-28,70,78-79,84-86,118H,9-16,18-19,21-22,25,29-69H2,1-6H3,(H,101,116)(H,102,125)(H,103,126)(H,104,127)(H,107,117)(H,108,124)(H,109,128)(H4,97,98,105)(H4,99,100,106)/t78-,79-,84+,85+,86+/m1/s1. The largest absolute Gasteiger partial charge is 0.508 e. The molecular weight excluding hydrogens is 1760 g/mol. The van der Waals surface area contributed by atoms with Crippen molar-refractivity contribution in [3.05, 3.63) is 71.3 Å². The van der Waals surface area contributed by atoms with Crippen LogP contribution in [0.15, 0.2) is 64.6 Å². The molecule has 0 spiro atoms. The average molecular weight is 1920 g/mol. The van der Waals surface area contributed by atoms with Crippen LogP contribution < -0.4 is 60.2 Å². The van der Waals surface area contributed by atoms with Gasteiger partial charge in [-0.2, -0.15) is 0 Å². The number of hydrogen-bond acceptors (Lipinski definition) is 29. The van der Waals surface area contributed by atoms with E-state index in [1.165, 1.54) is 39.8 Å². The summed E-state index contributed by atoms with van der Waals surface area (Å²) in [6.45, 7) is 18.9. The molecule has 2 aromatic carbocycles. The summed E-state index contributed by atoms with van der Waals surface area (Å²) in [4.78, 5) is 203. The Morgan fingerprint density at radius 1 is 0.397 bits per heavy atom. The second kappa shape index (κ2) is 72.4. The van der Waals surface area contributed by atoms with Gasteiger partial charge in [0.1, 0.15) is 28.9 Å². The first-order valence-electron chi connectivity index (χ1n) is 48.0. The number of aromatic hydroxyl groups is 1. The molecule has 40 heteroatoms. The Morgan fingerprint density at radius 3 is 1.25 bits per heavy atom. The fourth-order valence-electron chi connectivity index (χ4n) is 15.1. The first kappa shape index (κ1) is 118. The fourth-order valence-corrected chi connectivity index (χ4v) is 15.1. The highest BCUT2D eigenvalue weighted by atomic mass is 16.5. The lowest BCUT2D eigenvalue weighted by atomic mass is 9.88. The number of amides is 7. The number of phenolic OH excluding ortho intramolecular Hbond substituents is 1. The Kier molecular flexibility index (Phi) is 63.0. The van der Waals surface area contributed by atoms with E-state index in [-0.39, 0.29) is 227 Å². The molecule has 7 amide bonds. The number of carbonyl (C=O) groups is 14. The number of fused-ring (bicyclic) bond motifs is 1. The molecule has 40 nitrogen and oxygen atoms in total. The van der Waals surface area contributed by atoms with E-state index in [0.29, 0.717) is 182 Å². The third-order valence-electron chi connectivity index (χ3n) is 22.2. The van der Waals surface area contributed by atoms with E-state index < -0.39 is 83.8 Å². The zero-order chi connectivity index (χ0) is 99.5. The molecule has 0 bridgehead atoms. The zero-order valence-corrected chi connectivity index (χ0v) is 81.3. The number of nitrogens with two attached hydrogens (primary N) is 4. The molecule has 1 aliphatic heterocycles. The predicted molar refractivity (Wildman–Crippen MR) is 514 cm³/mol. The molecule has 0 saturated carbocycles. The Bertz CT molecular complexity index is 3950. The first-order valence-corrected chi connectivity index (χ1v) is 48.0. The van der Waals surface area contributed by atoms with E-state index in [2.05, 4.69) is 47.2 Å². The Labute approximate surface area is 801 Å². The van der Waals surface area contributed by atoms with Gasteiger partial charge in [-0.05, 0) is 125 Å². The summed E-state index contributed by atoms with van der Waals surface area (Å²) in [5, 5.41) is 30.0. The van der Waals surface area contributed by atoms with Crippen LogP contribution >= 0.6 is 0 Å². The number of hydrogen-bond donors (Lipinski definition) is 12. The maximum absolute atomic E-state index is 14.6. The molecule has 764 valence electrons. The fraction of sp³-hybridized carbons (Fsp3) is 0.688. The summed E-state index contributed by atoms with van der Waals surface area (Å²) in [6.07, 6.45) is 5.82. The van der Waals surface area contributed by atoms with Crippen molar-refractivity contribution in [1.29, 1.82) is 0 Å². The lowest BCUT2D eigenvalue weighted by Crippen LogP contribution is -2.50. The summed E-state index contributed by atoms with van der Waals surface area (Å²) < 4.78 is 45.4. The Morgan fingerprint density at radius 2 is 0.809 bits per heavy atom. The molecule has 5 atom stereocenters. The summed E-state index contributed by atoms with van der Waals surface area (Å²) in [5.41, 5.74) is 26.0. The minimum Gasteiger partial charge on any atom is -0.508 e. The van der Waals surface area contributed by atoms with Gasteiger partial charge in [-0.15, -0.1) is 0 Å². The van der Waals surface area contributed by atoms with Crippen molar-refractivity contribution in [3.8, 4) is 5.75 Å². The Balaban J connectivity index is 1.37. The van der Waals surface area contributed by atoms with Gasteiger partial charge in [0.15, 0.2) is 29.3 Å². The zero-order valence-electron chi connectivity index (χ0n) is 81.3. The summed E-state index contributed by atoms with van der Waals surface area (Å²) in [6, 6.07) is 10.6. The second-order valence-electron chi connectivity index (χ2n) is 34.7. The van der Waals surface area contributed by atoms with Crippen LogP contribution in [0.3, 0.4) is 0 Å². The number of ketones is 7. The molecule has 1 aliphatic carbocycles. The van der Waals surface area contributed by atoms with Crippen LogP contribution in [0.1, 0.15) is 174 Å². The second-order valence-corrected chi connectivity index (χ2v) is 34.7. The van der Waals surface area contributed by atoms with E-state index >= 15 is 0 Å². The number of phenols is 1. The van der Waals surface area contributed by atoms with Crippen LogP contribution in [0.25, 0.3) is 5.57 Å². The highest BCUT2D eigenvalue weighted by Crippen LogP contribution is 2.32. The topological polar surface area (TPSA) is 559 Å². The van der Waals surface area contributed by atoms with E-state index in [0.717, 1.165) is 16.7 Å². The number of benzene rings is 2. The number of carbonyl (C=O) groups excluding carboxylic acids is 14. The van der Waals surface area contributed by atoms with Gasteiger partial charge in [-0.25, -0.2) is 0 Å². The number of ether oxygens (including phenoxy) is 8. The molecule has 0 aromatic heterocycles. The van der Waals surface area contributed by atoms with Crippen LogP contribution in [0.5, 0.6) is 5.75 Å². The van der Waals surface area contributed by atoms with Crippen molar-refractivity contribution in [2.75, 3.05) is 224 Å². The molecule has 136 heavy (non-hydrogen) atoms. The van der Waals surface area contributed by atoms with Crippen molar-refractivity contribution in [2.45, 2.75) is 188 Å². The van der Waals surface area contributed by atoms with Crippen LogP contribution in [-0.2, 0) is 118 Å². The smallest absolute Gasteiger partial charge is 0.234 e. The van der Waals surface area contributed by atoms with Crippen molar-refractivity contribution in [1.82, 2.24) is 56.8 Å². The lowest BCUT2D eigenvalue weighted by molar-refractivity contribution is -0.134. The molecule has 0 unspecified atom stereocenters. The number of nitrogens with one attached hydrogen (secondary N) is 7. The van der Waals surface area contributed by atoms with Crippen LogP contribution in [-0.4, -0.2) is 360 Å². The summed E-state index contributed by atoms with van der Waals surface area (Å²) in [5.74, 6) is -6.36. The molecule has 0 radical (unpaired) electrons. The Hall–Kier alpha value is -9.98. The van der Waals surface area contributed by atoms with E-state index in [4.69, 9.17) is 60.8 Å². The van der Waals surface area contributed by atoms with Crippen molar-refractivity contribution >= 4 is 99.3 Å². The summed E-state index contributed by atoms with van der Waals surface area (Å²) >= 11 is 0. The summed E-state index contributed by atoms with van der Waals surface area (Å²) in [7, 11) is 0. The molecule has 1 saturated heterocycles. The first-order chi connectivity index (χ1) is 65.3.